The minimum atomic E-state index is -0.496. The Morgan fingerprint density at radius 1 is 1.30 bits per heavy atom. The lowest BCUT2D eigenvalue weighted by molar-refractivity contribution is -0.151. The van der Waals surface area contributed by atoms with Crippen molar-refractivity contribution in [2.75, 3.05) is 20.8 Å². The second-order valence-electron chi connectivity index (χ2n) is 6.33. The van der Waals surface area contributed by atoms with E-state index in [-0.39, 0.29) is 31.2 Å². The Hall–Kier alpha value is -2.90. The van der Waals surface area contributed by atoms with Gasteiger partial charge in [0.2, 0.25) is 0 Å². The maximum Gasteiger partial charge on any atom is 0.310 e. The van der Waals surface area contributed by atoms with Crippen molar-refractivity contribution < 1.29 is 23.5 Å². The van der Waals surface area contributed by atoms with Crippen molar-refractivity contribution in [3.8, 4) is 5.75 Å². The van der Waals surface area contributed by atoms with E-state index in [1.807, 2.05) is 13.8 Å². The third-order valence-corrected chi connectivity index (χ3v) is 4.40. The van der Waals surface area contributed by atoms with Crippen LogP contribution in [0.25, 0.3) is 0 Å². The average molecular weight is 377 g/mol. The number of methoxy groups -OCH3 is 1. The molecule has 8 heteroatoms. The van der Waals surface area contributed by atoms with Crippen molar-refractivity contribution >= 4 is 11.9 Å². The van der Waals surface area contributed by atoms with E-state index in [4.69, 9.17) is 9.47 Å². The minimum Gasteiger partial charge on any atom is -0.494 e. The maximum atomic E-state index is 13.7. The van der Waals surface area contributed by atoms with E-state index in [0.29, 0.717) is 5.56 Å². The molecule has 146 valence electrons. The van der Waals surface area contributed by atoms with Crippen LogP contribution in [0.1, 0.15) is 22.5 Å². The van der Waals surface area contributed by atoms with Crippen molar-refractivity contribution in [1.82, 2.24) is 14.7 Å². The summed E-state index contributed by atoms with van der Waals surface area (Å²) >= 11 is 0. The summed E-state index contributed by atoms with van der Waals surface area (Å²) in [5.41, 5.74) is 3.06. The van der Waals surface area contributed by atoms with Gasteiger partial charge in [0.25, 0.3) is 5.91 Å². The lowest BCUT2D eigenvalue weighted by Crippen LogP contribution is -2.31. The second kappa shape index (κ2) is 8.66. The zero-order valence-corrected chi connectivity index (χ0v) is 16.2. The van der Waals surface area contributed by atoms with Crippen LogP contribution in [-0.2, 0) is 34.3 Å². The number of aromatic nitrogens is 2. The Morgan fingerprint density at radius 2 is 2.00 bits per heavy atom. The van der Waals surface area contributed by atoms with E-state index in [2.05, 4.69) is 5.10 Å². The molecule has 0 atom stereocenters. The molecular weight excluding hydrogens is 353 g/mol. The first-order valence-electron chi connectivity index (χ1n) is 8.44. The average Bonchev–Trinajstić information content (AvgIpc) is 2.86. The highest BCUT2D eigenvalue weighted by Gasteiger charge is 2.17. The predicted molar refractivity (Wildman–Crippen MR) is 96.8 cm³/mol. The molecule has 1 aromatic heterocycles. The molecule has 0 unspecified atom stereocenters. The van der Waals surface area contributed by atoms with Crippen LogP contribution in [0.15, 0.2) is 18.2 Å². The number of halogens is 1. The number of hydrogen-bond acceptors (Lipinski definition) is 5. The van der Waals surface area contributed by atoms with Gasteiger partial charge >= 0.3 is 5.97 Å². The summed E-state index contributed by atoms with van der Waals surface area (Å²) in [6.07, 6.45) is 0.0617. The zero-order chi connectivity index (χ0) is 20.1. The van der Waals surface area contributed by atoms with Gasteiger partial charge in [-0.3, -0.25) is 14.3 Å². The molecule has 0 saturated carbocycles. The molecule has 0 aliphatic carbocycles. The van der Waals surface area contributed by atoms with E-state index >= 15 is 0 Å². The predicted octanol–water partition coefficient (Wildman–Crippen LogP) is 1.93. The van der Waals surface area contributed by atoms with Gasteiger partial charge in [0.05, 0.1) is 19.2 Å². The smallest absolute Gasteiger partial charge is 0.310 e. The van der Waals surface area contributed by atoms with Crippen LogP contribution >= 0.6 is 0 Å². The number of ether oxygens (including phenoxy) is 2. The van der Waals surface area contributed by atoms with Crippen LogP contribution in [0.4, 0.5) is 4.39 Å². The summed E-state index contributed by atoms with van der Waals surface area (Å²) in [6, 6.07) is 4.48. The molecule has 2 aromatic rings. The first kappa shape index (κ1) is 20.4. The van der Waals surface area contributed by atoms with Crippen LogP contribution in [0.3, 0.4) is 0 Å². The number of esters is 1. The molecule has 0 aliphatic heterocycles. The number of aryl methyl sites for hydroxylation is 2. The van der Waals surface area contributed by atoms with Crippen LogP contribution < -0.4 is 4.74 Å². The molecule has 27 heavy (non-hydrogen) atoms. The molecule has 0 radical (unpaired) electrons. The molecule has 0 spiro atoms. The van der Waals surface area contributed by atoms with Gasteiger partial charge in [-0.1, -0.05) is 6.07 Å². The first-order valence-corrected chi connectivity index (χ1v) is 8.44. The molecule has 1 heterocycles. The van der Waals surface area contributed by atoms with Gasteiger partial charge in [0.1, 0.15) is 0 Å². The zero-order valence-electron chi connectivity index (χ0n) is 16.2. The Balaban J connectivity index is 1.87. The van der Waals surface area contributed by atoms with Crippen LogP contribution in [0.5, 0.6) is 5.75 Å². The third kappa shape index (κ3) is 5.06. The highest BCUT2D eigenvalue weighted by molar-refractivity contribution is 5.81. The quantitative estimate of drug-likeness (QED) is 0.690. The molecule has 2 rings (SSSR count). The monoisotopic (exact) mass is 377 g/mol. The Bertz CT molecular complexity index is 848. The van der Waals surface area contributed by atoms with Gasteiger partial charge in [-0.05, 0) is 31.5 Å². The van der Waals surface area contributed by atoms with Crippen LogP contribution in [0, 0.1) is 19.7 Å². The topological polar surface area (TPSA) is 73.7 Å². The van der Waals surface area contributed by atoms with Crippen LogP contribution in [0.2, 0.25) is 0 Å². The van der Waals surface area contributed by atoms with Crippen molar-refractivity contribution in [3.05, 3.63) is 46.5 Å². The fraction of sp³-hybridized carbons (Fsp3) is 0.421. The van der Waals surface area contributed by atoms with Crippen LogP contribution in [-0.4, -0.2) is 47.3 Å². The van der Waals surface area contributed by atoms with Gasteiger partial charge in [-0.15, -0.1) is 0 Å². The van der Waals surface area contributed by atoms with Crippen molar-refractivity contribution in [2.45, 2.75) is 26.8 Å². The van der Waals surface area contributed by atoms with E-state index in [0.717, 1.165) is 17.0 Å². The molecule has 0 saturated heterocycles. The third-order valence-electron chi connectivity index (χ3n) is 4.40. The van der Waals surface area contributed by atoms with Crippen molar-refractivity contribution in [3.63, 3.8) is 0 Å². The number of benzene rings is 1. The molecule has 7 nitrogen and oxygen atoms in total. The summed E-state index contributed by atoms with van der Waals surface area (Å²) < 4.78 is 25.4. The fourth-order valence-electron chi connectivity index (χ4n) is 2.69. The molecule has 1 aromatic carbocycles. The number of nitrogens with zero attached hydrogens (tertiary/aromatic N) is 3. The lowest BCUT2D eigenvalue weighted by Gasteiger charge is -2.17. The molecule has 0 fully saturated rings. The number of rotatable bonds is 7. The summed E-state index contributed by atoms with van der Waals surface area (Å²) in [4.78, 5) is 25.6. The molecule has 0 aliphatic rings. The highest BCUT2D eigenvalue weighted by atomic mass is 19.1. The number of likely N-dealkylation sites (N-methyl/N-ethyl adjacent to an activating group) is 1. The van der Waals surface area contributed by atoms with Gasteiger partial charge in [-0.25, -0.2) is 4.39 Å². The van der Waals surface area contributed by atoms with Gasteiger partial charge < -0.3 is 14.4 Å². The Morgan fingerprint density at radius 3 is 2.56 bits per heavy atom. The normalized spacial score (nSPS) is 10.6. The van der Waals surface area contributed by atoms with Crippen molar-refractivity contribution in [2.24, 2.45) is 7.05 Å². The lowest BCUT2D eigenvalue weighted by atomic mass is 10.1. The Labute approximate surface area is 157 Å². The Kier molecular flexibility index (Phi) is 6.55. The SMILES string of the molecule is COc1ccc(CN(C)C(=O)COC(=O)Cc2c(C)nn(C)c2C)cc1F. The number of hydrogen-bond donors (Lipinski definition) is 0. The fourth-order valence-corrected chi connectivity index (χ4v) is 2.69. The summed E-state index contributed by atoms with van der Waals surface area (Å²) in [6.45, 7) is 3.52. The minimum absolute atomic E-state index is 0.0617. The van der Waals surface area contributed by atoms with Gasteiger partial charge in [-0.2, -0.15) is 5.10 Å². The van der Waals surface area contributed by atoms with Gasteiger partial charge in [0.15, 0.2) is 18.2 Å². The summed E-state index contributed by atoms with van der Waals surface area (Å²) in [5.74, 6) is -1.22. The molecule has 0 bridgehead atoms. The summed E-state index contributed by atoms with van der Waals surface area (Å²) in [7, 11) is 4.75. The van der Waals surface area contributed by atoms with E-state index in [1.54, 1.807) is 24.8 Å². The first-order chi connectivity index (χ1) is 12.7. The van der Waals surface area contributed by atoms with E-state index in [9.17, 15) is 14.0 Å². The van der Waals surface area contributed by atoms with Gasteiger partial charge in [0, 0.05) is 31.9 Å². The van der Waals surface area contributed by atoms with E-state index < -0.39 is 11.8 Å². The maximum absolute atomic E-state index is 13.7. The molecular formula is C19H24FN3O4. The number of amides is 1. The van der Waals surface area contributed by atoms with E-state index in [1.165, 1.54) is 24.1 Å². The largest absolute Gasteiger partial charge is 0.494 e. The molecule has 1 amide bonds. The van der Waals surface area contributed by atoms with Crippen molar-refractivity contribution in [1.29, 1.82) is 0 Å². The highest BCUT2D eigenvalue weighted by Crippen LogP contribution is 2.18. The molecule has 0 N–H and O–H groups in total. The number of carbonyl (C=O) groups excluding carboxylic acids is 2. The second-order valence-corrected chi connectivity index (χ2v) is 6.33. The summed E-state index contributed by atoms with van der Waals surface area (Å²) in [5, 5.41) is 4.25. The standard InChI is InChI=1S/C19H24FN3O4/c1-12-15(13(2)23(4)21-12)9-19(25)27-11-18(24)22(3)10-14-6-7-17(26-5)16(20)8-14/h6-8H,9-11H2,1-5H3. The number of carbonyl (C=O) groups is 2.